The molecule has 6 heteroatoms. The number of carbonyl (C=O) groups is 1. The molecule has 0 unspecified atom stereocenters. The van der Waals surface area contributed by atoms with Gasteiger partial charge in [0.1, 0.15) is 16.4 Å². The molecule has 0 saturated heterocycles. The Morgan fingerprint density at radius 1 is 0.964 bits per heavy atom. The Labute approximate surface area is 167 Å². The summed E-state index contributed by atoms with van der Waals surface area (Å²) >= 11 is 1.65. The fourth-order valence-corrected chi connectivity index (χ4v) is 3.96. The molecule has 0 aliphatic carbocycles. The van der Waals surface area contributed by atoms with Crippen LogP contribution < -0.4 is 10.1 Å². The van der Waals surface area contributed by atoms with Crippen LogP contribution in [0.4, 0.5) is 5.69 Å². The predicted molar refractivity (Wildman–Crippen MR) is 113 cm³/mol. The highest BCUT2D eigenvalue weighted by Gasteiger charge is 2.15. The van der Waals surface area contributed by atoms with Crippen molar-refractivity contribution in [3.05, 3.63) is 76.4 Å². The molecule has 0 fully saturated rings. The molecule has 0 aliphatic rings. The standard InChI is InChI=1S/C22H19N3O2S/c1-13-14(2)28-22-19(13)21(23-15(3)24-22)27-18-11-9-17(10-12-18)25-20(26)16-7-5-4-6-8-16/h4-12H,1-3H3,(H,25,26). The summed E-state index contributed by atoms with van der Waals surface area (Å²) in [6.45, 7) is 5.99. The lowest BCUT2D eigenvalue weighted by molar-refractivity contribution is 0.102. The highest BCUT2D eigenvalue weighted by Crippen LogP contribution is 2.36. The number of ether oxygens (including phenoxy) is 1. The molecule has 28 heavy (non-hydrogen) atoms. The van der Waals surface area contributed by atoms with Crippen LogP contribution in [0.2, 0.25) is 0 Å². The minimum absolute atomic E-state index is 0.147. The van der Waals surface area contributed by atoms with Crippen LogP contribution >= 0.6 is 11.3 Å². The Morgan fingerprint density at radius 3 is 2.39 bits per heavy atom. The Morgan fingerprint density at radius 2 is 1.68 bits per heavy atom. The SMILES string of the molecule is Cc1nc(Oc2ccc(NC(=O)c3ccccc3)cc2)c2c(C)c(C)sc2n1. The summed E-state index contributed by atoms with van der Waals surface area (Å²) in [6.07, 6.45) is 0. The van der Waals surface area contributed by atoms with Gasteiger partial charge in [0, 0.05) is 16.1 Å². The third-order valence-electron chi connectivity index (χ3n) is 4.47. The molecule has 5 nitrogen and oxygen atoms in total. The van der Waals surface area contributed by atoms with Gasteiger partial charge in [0.15, 0.2) is 0 Å². The zero-order chi connectivity index (χ0) is 19.7. The lowest BCUT2D eigenvalue weighted by Gasteiger charge is -2.09. The molecular weight excluding hydrogens is 370 g/mol. The molecule has 0 aliphatic heterocycles. The van der Waals surface area contributed by atoms with Gasteiger partial charge in [-0.2, -0.15) is 4.98 Å². The molecule has 0 saturated carbocycles. The summed E-state index contributed by atoms with van der Waals surface area (Å²) in [5.74, 6) is 1.74. The maximum atomic E-state index is 12.3. The van der Waals surface area contributed by atoms with E-state index in [1.54, 1.807) is 23.5 Å². The largest absolute Gasteiger partial charge is 0.438 e. The van der Waals surface area contributed by atoms with Crippen molar-refractivity contribution in [2.75, 3.05) is 5.32 Å². The zero-order valence-corrected chi connectivity index (χ0v) is 16.6. The topological polar surface area (TPSA) is 64.1 Å². The summed E-state index contributed by atoms with van der Waals surface area (Å²) in [5.41, 5.74) is 2.46. The van der Waals surface area contributed by atoms with Crippen molar-refractivity contribution in [2.24, 2.45) is 0 Å². The van der Waals surface area contributed by atoms with E-state index in [2.05, 4.69) is 29.1 Å². The lowest BCUT2D eigenvalue weighted by atomic mass is 10.2. The Bertz CT molecular complexity index is 1150. The summed E-state index contributed by atoms with van der Waals surface area (Å²) in [5, 5.41) is 3.84. The van der Waals surface area contributed by atoms with Gasteiger partial charge in [0.2, 0.25) is 5.88 Å². The van der Waals surface area contributed by atoms with Crippen LogP contribution in [0.25, 0.3) is 10.2 Å². The van der Waals surface area contributed by atoms with Crippen LogP contribution in [0.15, 0.2) is 54.6 Å². The summed E-state index contributed by atoms with van der Waals surface area (Å²) in [6, 6.07) is 16.4. The van der Waals surface area contributed by atoms with Crippen molar-refractivity contribution < 1.29 is 9.53 Å². The molecular formula is C22H19N3O2S. The number of benzene rings is 2. The monoisotopic (exact) mass is 389 g/mol. The third kappa shape index (κ3) is 3.59. The Kier molecular flexibility index (Phi) is 4.79. The van der Waals surface area contributed by atoms with Crippen molar-refractivity contribution in [1.82, 2.24) is 9.97 Å². The van der Waals surface area contributed by atoms with Crippen molar-refractivity contribution in [3.8, 4) is 11.6 Å². The number of hydrogen-bond acceptors (Lipinski definition) is 5. The fourth-order valence-electron chi connectivity index (χ4n) is 2.90. The van der Waals surface area contributed by atoms with Crippen molar-refractivity contribution in [1.29, 1.82) is 0 Å². The van der Waals surface area contributed by atoms with E-state index in [1.165, 1.54) is 4.88 Å². The highest BCUT2D eigenvalue weighted by molar-refractivity contribution is 7.18. The maximum Gasteiger partial charge on any atom is 0.255 e. The Hall–Kier alpha value is -3.25. The molecule has 140 valence electrons. The van der Waals surface area contributed by atoms with Crippen LogP contribution in [0.5, 0.6) is 11.6 Å². The van der Waals surface area contributed by atoms with Gasteiger partial charge < -0.3 is 10.1 Å². The van der Waals surface area contributed by atoms with Crippen LogP contribution in [-0.4, -0.2) is 15.9 Å². The molecule has 1 N–H and O–H groups in total. The van der Waals surface area contributed by atoms with Crippen LogP contribution in [-0.2, 0) is 0 Å². The van der Waals surface area contributed by atoms with Gasteiger partial charge >= 0.3 is 0 Å². The van der Waals surface area contributed by atoms with Gasteiger partial charge in [0.05, 0.1) is 5.39 Å². The molecule has 4 aromatic rings. The number of carbonyl (C=O) groups excluding carboxylic acids is 1. The maximum absolute atomic E-state index is 12.3. The normalized spacial score (nSPS) is 10.8. The number of hydrogen-bond donors (Lipinski definition) is 1. The van der Waals surface area contributed by atoms with Gasteiger partial charge in [-0.05, 0) is 62.7 Å². The van der Waals surface area contributed by atoms with Gasteiger partial charge in [-0.25, -0.2) is 4.98 Å². The third-order valence-corrected chi connectivity index (χ3v) is 5.57. The number of aryl methyl sites for hydroxylation is 3. The predicted octanol–water partition coefficient (Wildman–Crippen LogP) is 5.66. The lowest BCUT2D eigenvalue weighted by Crippen LogP contribution is -2.11. The number of amides is 1. The Balaban J connectivity index is 1.56. The van der Waals surface area contributed by atoms with E-state index in [9.17, 15) is 4.79 Å². The first-order valence-corrected chi connectivity index (χ1v) is 9.71. The second-order valence-corrected chi connectivity index (χ2v) is 7.69. The van der Waals surface area contributed by atoms with Crippen molar-refractivity contribution >= 4 is 33.1 Å². The van der Waals surface area contributed by atoms with Crippen LogP contribution in [0.1, 0.15) is 26.6 Å². The first-order chi connectivity index (χ1) is 13.5. The van der Waals surface area contributed by atoms with E-state index >= 15 is 0 Å². The van der Waals surface area contributed by atoms with Crippen LogP contribution in [0.3, 0.4) is 0 Å². The number of fused-ring (bicyclic) bond motifs is 1. The van der Waals surface area contributed by atoms with Gasteiger partial charge in [-0.15, -0.1) is 11.3 Å². The van der Waals surface area contributed by atoms with Gasteiger partial charge in [0.25, 0.3) is 5.91 Å². The molecule has 2 heterocycles. The van der Waals surface area contributed by atoms with Crippen molar-refractivity contribution in [3.63, 3.8) is 0 Å². The van der Waals surface area contributed by atoms with Gasteiger partial charge in [-0.1, -0.05) is 18.2 Å². The van der Waals surface area contributed by atoms with E-state index in [0.29, 0.717) is 28.7 Å². The summed E-state index contributed by atoms with van der Waals surface area (Å²) in [4.78, 5) is 23.4. The van der Waals surface area contributed by atoms with E-state index < -0.39 is 0 Å². The molecule has 0 spiro atoms. The minimum Gasteiger partial charge on any atom is -0.438 e. The summed E-state index contributed by atoms with van der Waals surface area (Å²) in [7, 11) is 0. The number of aromatic nitrogens is 2. The minimum atomic E-state index is -0.147. The average molecular weight is 389 g/mol. The molecule has 4 rings (SSSR count). The smallest absolute Gasteiger partial charge is 0.255 e. The zero-order valence-electron chi connectivity index (χ0n) is 15.8. The second-order valence-electron chi connectivity index (χ2n) is 6.49. The van der Waals surface area contributed by atoms with E-state index in [1.807, 2.05) is 49.4 Å². The molecule has 0 atom stereocenters. The summed E-state index contributed by atoms with van der Waals surface area (Å²) < 4.78 is 6.05. The van der Waals surface area contributed by atoms with Crippen molar-refractivity contribution in [2.45, 2.75) is 20.8 Å². The molecule has 2 aromatic carbocycles. The van der Waals surface area contributed by atoms with E-state index in [0.717, 1.165) is 15.8 Å². The number of nitrogens with zero attached hydrogens (tertiary/aromatic N) is 2. The molecule has 0 bridgehead atoms. The molecule has 2 aromatic heterocycles. The fraction of sp³-hybridized carbons (Fsp3) is 0.136. The first kappa shape index (κ1) is 18.1. The quantitative estimate of drug-likeness (QED) is 0.489. The van der Waals surface area contributed by atoms with Gasteiger partial charge in [-0.3, -0.25) is 4.79 Å². The highest BCUT2D eigenvalue weighted by atomic mass is 32.1. The second kappa shape index (κ2) is 7.40. The average Bonchev–Trinajstić information content (AvgIpc) is 2.97. The number of thiophene rings is 1. The number of rotatable bonds is 4. The van der Waals surface area contributed by atoms with Crippen LogP contribution in [0, 0.1) is 20.8 Å². The molecule has 1 amide bonds. The number of anilines is 1. The number of nitrogens with one attached hydrogen (secondary N) is 1. The first-order valence-electron chi connectivity index (χ1n) is 8.90. The van der Waals surface area contributed by atoms with E-state index in [-0.39, 0.29) is 5.91 Å². The molecule has 0 radical (unpaired) electrons. The van der Waals surface area contributed by atoms with E-state index in [4.69, 9.17) is 4.74 Å².